The van der Waals surface area contributed by atoms with E-state index in [4.69, 9.17) is 5.21 Å². The minimum atomic E-state index is -0.229. The molecule has 4 nitrogen and oxygen atoms in total. The van der Waals surface area contributed by atoms with Gasteiger partial charge in [0.15, 0.2) is 0 Å². The fourth-order valence-electron chi connectivity index (χ4n) is 1.70. The zero-order chi connectivity index (χ0) is 9.68. The van der Waals surface area contributed by atoms with Crippen LogP contribution in [0.3, 0.4) is 0 Å². The molecule has 1 rings (SSSR count). The highest BCUT2D eigenvalue weighted by Gasteiger charge is 2.23. The Labute approximate surface area is 77.6 Å². The quantitative estimate of drug-likeness (QED) is 0.403. The van der Waals surface area contributed by atoms with Crippen LogP contribution < -0.4 is 0 Å². The van der Waals surface area contributed by atoms with Crippen LogP contribution in [0, 0.1) is 5.92 Å². The van der Waals surface area contributed by atoms with Crippen LogP contribution in [-0.4, -0.2) is 24.0 Å². The molecule has 4 heteroatoms. The van der Waals surface area contributed by atoms with Crippen LogP contribution in [0.2, 0.25) is 0 Å². The Morgan fingerprint density at radius 3 is 3.08 bits per heavy atom. The van der Waals surface area contributed by atoms with Gasteiger partial charge < -0.3 is 9.94 Å². The summed E-state index contributed by atoms with van der Waals surface area (Å²) in [5, 5.41) is 11.9. The van der Waals surface area contributed by atoms with Crippen molar-refractivity contribution in [3.8, 4) is 0 Å². The van der Waals surface area contributed by atoms with Gasteiger partial charge in [-0.25, -0.2) is 0 Å². The average Bonchev–Trinajstić information content (AvgIpc) is 2.18. The molecule has 0 aromatic rings. The van der Waals surface area contributed by atoms with Gasteiger partial charge in [0.2, 0.25) is 0 Å². The van der Waals surface area contributed by atoms with Gasteiger partial charge in [0, 0.05) is 5.92 Å². The third-order valence-electron chi connectivity index (χ3n) is 2.48. The number of rotatable bonds is 2. The lowest BCUT2D eigenvalue weighted by atomic mass is 9.85. The highest BCUT2D eigenvalue weighted by molar-refractivity contribution is 5.89. The van der Waals surface area contributed by atoms with Crippen molar-refractivity contribution in [1.82, 2.24) is 0 Å². The molecule has 0 aliphatic heterocycles. The second-order valence-electron chi connectivity index (χ2n) is 3.31. The van der Waals surface area contributed by atoms with Gasteiger partial charge in [-0.2, -0.15) is 0 Å². The molecule has 0 heterocycles. The minimum absolute atomic E-state index is 0.0891. The summed E-state index contributed by atoms with van der Waals surface area (Å²) < 4.78 is 4.57. The number of carbonyl (C=O) groups is 1. The van der Waals surface area contributed by atoms with Crippen molar-refractivity contribution < 1.29 is 14.7 Å². The molecule has 0 bridgehead atoms. The minimum Gasteiger partial charge on any atom is -0.469 e. The maximum absolute atomic E-state index is 11.0. The zero-order valence-corrected chi connectivity index (χ0v) is 7.82. The van der Waals surface area contributed by atoms with E-state index in [1.807, 2.05) is 0 Å². The van der Waals surface area contributed by atoms with E-state index in [1.165, 1.54) is 7.11 Å². The largest absolute Gasteiger partial charge is 0.469 e. The number of esters is 1. The van der Waals surface area contributed by atoms with E-state index < -0.39 is 0 Å². The Balaban J connectivity index is 2.50. The fraction of sp³-hybridized carbons (Fsp3) is 0.778. The van der Waals surface area contributed by atoms with Crippen molar-refractivity contribution in [3.63, 3.8) is 0 Å². The molecule has 0 aromatic carbocycles. The van der Waals surface area contributed by atoms with E-state index in [9.17, 15) is 4.79 Å². The SMILES string of the molecule is COC(=O)CC1CCCC/C1=N/O. The summed E-state index contributed by atoms with van der Waals surface area (Å²) in [6.07, 6.45) is 4.22. The van der Waals surface area contributed by atoms with Crippen LogP contribution in [0.1, 0.15) is 32.1 Å². The van der Waals surface area contributed by atoms with Gasteiger partial charge in [-0.05, 0) is 19.3 Å². The summed E-state index contributed by atoms with van der Waals surface area (Å²) in [6.45, 7) is 0. The maximum atomic E-state index is 11.0. The monoisotopic (exact) mass is 185 g/mol. The summed E-state index contributed by atoms with van der Waals surface area (Å²) in [5.74, 6) is -0.140. The number of nitrogens with zero attached hydrogens (tertiary/aromatic N) is 1. The Morgan fingerprint density at radius 1 is 1.69 bits per heavy atom. The molecule has 1 atom stereocenters. The Kier molecular flexibility index (Phi) is 3.73. The molecule has 1 aliphatic carbocycles. The van der Waals surface area contributed by atoms with Crippen molar-refractivity contribution in [2.45, 2.75) is 32.1 Å². The maximum Gasteiger partial charge on any atom is 0.306 e. The van der Waals surface area contributed by atoms with Gasteiger partial charge in [0.25, 0.3) is 0 Å². The number of hydrogen-bond donors (Lipinski definition) is 1. The van der Waals surface area contributed by atoms with E-state index in [-0.39, 0.29) is 11.9 Å². The topological polar surface area (TPSA) is 58.9 Å². The molecule has 74 valence electrons. The number of ether oxygens (including phenoxy) is 1. The molecule has 1 saturated carbocycles. The Bertz CT molecular complexity index is 213. The molecule has 1 aliphatic rings. The first-order valence-electron chi connectivity index (χ1n) is 4.55. The summed E-state index contributed by atoms with van der Waals surface area (Å²) in [5.41, 5.74) is 0.747. The van der Waals surface area contributed by atoms with Crippen molar-refractivity contribution in [2.24, 2.45) is 11.1 Å². The summed E-state index contributed by atoms with van der Waals surface area (Å²) in [4.78, 5) is 11.0. The van der Waals surface area contributed by atoms with Crippen molar-refractivity contribution in [2.75, 3.05) is 7.11 Å². The summed E-state index contributed by atoms with van der Waals surface area (Å²) >= 11 is 0. The first kappa shape index (κ1) is 10.0. The molecule has 0 radical (unpaired) electrons. The lowest BCUT2D eigenvalue weighted by Gasteiger charge is -2.21. The first-order valence-corrected chi connectivity index (χ1v) is 4.55. The first-order chi connectivity index (χ1) is 6.27. The fourth-order valence-corrected chi connectivity index (χ4v) is 1.70. The van der Waals surface area contributed by atoms with Gasteiger partial charge in [0.1, 0.15) is 0 Å². The zero-order valence-electron chi connectivity index (χ0n) is 7.82. The lowest BCUT2D eigenvalue weighted by Crippen LogP contribution is -2.22. The summed E-state index contributed by atoms with van der Waals surface area (Å²) in [7, 11) is 1.38. The Morgan fingerprint density at radius 2 is 2.46 bits per heavy atom. The molecule has 0 aromatic heterocycles. The standard InChI is InChI=1S/C9H15NO3/c1-13-9(11)6-7-4-2-3-5-8(7)10-12/h7,12H,2-6H2,1H3/b10-8-. The van der Waals surface area contributed by atoms with E-state index in [2.05, 4.69) is 9.89 Å². The number of hydrogen-bond acceptors (Lipinski definition) is 4. The van der Waals surface area contributed by atoms with Crippen LogP contribution in [-0.2, 0) is 9.53 Å². The third kappa shape index (κ3) is 2.72. The second-order valence-corrected chi connectivity index (χ2v) is 3.31. The Hall–Kier alpha value is -1.06. The molecule has 0 saturated heterocycles. The predicted octanol–water partition coefficient (Wildman–Crippen LogP) is 1.57. The van der Waals surface area contributed by atoms with Gasteiger partial charge in [-0.1, -0.05) is 11.6 Å². The molecule has 0 spiro atoms. The highest BCUT2D eigenvalue weighted by atomic mass is 16.5. The van der Waals surface area contributed by atoms with Crippen LogP contribution in [0.4, 0.5) is 0 Å². The van der Waals surface area contributed by atoms with Crippen molar-refractivity contribution >= 4 is 11.7 Å². The van der Waals surface area contributed by atoms with Gasteiger partial charge >= 0.3 is 5.97 Å². The second kappa shape index (κ2) is 4.84. The molecule has 13 heavy (non-hydrogen) atoms. The highest BCUT2D eigenvalue weighted by Crippen LogP contribution is 2.24. The van der Waals surface area contributed by atoms with Crippen molar-refractivity contribution in [1.29, 1.82) is 0 Å². The molecular formula is C9H15NO3. The lowest BCUT2D eigenvalue weighted by molar-refractivity contribution is -0.141. The molecule has 0 amide bonds. The van der Waals surface area contributed by atoms with Crippen LogP contribution in [0.15, 0.2) is 5.16 Å². The van der Waals surface area contributed by atoms with Crippen LogP contribution >= 0.6 is 0 Å². The van der Waals surface area contributed by atoms with E-state index in [1.54, 1.807) is 0 Å². The third-order valence-corrected chi connectivity index (χ3v) is 2.48. The molecular weight excluding hydrogens is 170 g/mol. The normalized spacial score (nSPS) is 25.9. The molecule has 1 fully saturated rings. The summed E-state index contributed by atoms with van der Waals surface area (Å²) in [6, 6.07) is 0. The van der Waals surface area contributed by atoms with E-state index >= 15 is 0 Å². The van der Waals surface area contributed by atoms with Gasteiger partial charge in [-0.15, -0.1) is 0 Å². The average molecular weight is 185 g/mol. The smallest absolute Gasteiger partial charge is 0.306 e. The van der Waals surface area contributed by atoms with Crippen LogP contribution in [0.5, 0.6) is 0 Å². The van der Waals surface area contributed by atoms with Gasteiger partial charge in [-0.3, -0.25) is 4.79 Å². The number of methoxy groups -OCH3 is 1. The van der Waals surface area contributed by atoms with Crippen molar-refractivity contribution in [3.05, 3.63) is 0 Å². The molecule has 1 N–H and O–H groups in total. The molecule has 1 unspecified atom stereocenters. The number of carbonyl (C=O) groups excluding carboxylic acids is 1. The van der Waals surface area contributed by atoms with Crippen LogP contribution in [0.25, 0.3) is 0 Å². The predicted molar refractivity (Wildman–Crippen MR) is 47.8 cm³/mol. The number of oxime groups is 1. The van der Waals surface area contributed by atoms with E-state index in [0.717, 1.165) is 31.4 Å². The van der Waals surface area contributed by atoms with E-state index in [0.29, 0.717) is 6.42 Å². The van der Waals surface area contributed by atoms with Gasteiger partial charge in [0.05, 0.1) is 19.2 Å².